The van der Waals surface area contributed by atoms with Gasteiger partial charge in [-0.25, -0.2) is 0 Å². The van der Waals surface area contributed by atoms with Crippen molar-refractivity contribution >= 4 is 0 Å². The van der Waals surface area contributed by atoms with Crippen molar-refractivity contribution < 1.29 is 19.7 Å². The average molecular weight is 258 g/mol. The van der Waals surface area contributed by atoms with Gasteiger partial charge in [0.25, 0.3) is 0 Å². The topological polar surface area (TPSA) is 58.9 Å². The van der Waals surface area contributed by atoms with E-state index in [1.807, 2.05) is 6.92 Å². The minimum atomic E-state index is -0.992. The lowest BCUT2D eigenvalue weighted by Crippen LogP contribution is -2.51. The first-order valence-electron chi connectivity index (χ1n) is 7.11. The number of hydrogen-bond donors (Lipinski definition) is 2. The van der Waals surface area contributed by atoms with E-state index < -0.39 is 11.7 Å². The predicted molar refractivity (Wildman–Crippen MR) is 68.4 cm³/mol. The van der Waals surface area contributed by atoms with Crippen LogP contribution in [-0.2, 0) is 9.47 Å². The Labute approximate surface area is 109 Å². The van der Waals surface area contributed by atoms with Crippen molar-refractivity contribution in [2.24, 2.45) is 5.92 Å². The van der Waals surface area contributed by atoms with E-state index in [0.717, 1.165) is 38.9 Å². The third-order valence-electron chi connectivity index (χ3n) is 4.73. The molecule has 2 saturated heterocycles. The summed E-state index contributed by atoms with van der Waals surface area (Å²) in [5, 5.41) is 20.6. The molecule has 2 rings (SSSR count). The maximum absolute atomic E-state index is 10.4. The zero-order valence-electron chi connectivity index (χ0n) is 11.5. The van der Waals surface area contributed by atoms with Gasteiger partial charge >= 0.3 is 0 Å². The van der Waals surface area contributed by atoms with Gasteiger partial charge in [-0.05, 0) is 44.9 Å². The molecule has 2 aliphatic heterocycles. The summed E-state index contributed by atoms with van der Waals surface area (Å²) in [6.07, 6.45) is 3.40. The lowest BCUT2D eigenvalue weighted by Gasteiger charge is -2.46. The van der Waals surface area contributed by atoms with Gasteiger partial charge in [0.1, 0.15) is 0 Å². The normalized spacial score (nSPS) is 33.0. The van der Waals surface area contributed by atoms with Gasteiger partial charge in [0, 0.05) is 19.8 Å². The maximum Gasteiger partial charge on any atom is 0.0877 e. The number of aliphatic hydroxyl groups is 2. The van der Waals surface area contributed by atoms with E-state index in [-0.39, 0.29) is 11.5 Å². The van der Waals surface area contributed by atoms with E-state index >= 15 is 0 Å². The maximum atomic E-state index is 10.4. The Morgan fingerprint density at radius 2 is 2.00 bits per heavy atom. The quantitative estimate of drug-likeness (QED) is 0.805. The van der Waals surface area contributed by atoms with Crippen LogP contribution in [0.3, 0.4) is 0 Å². The largest absolute Gasteiger partial charge is 0.390 e. The first-order valence-corrected chi connectivity index (χ1v) is 7.11. The second-order valence-corrected chi connectivity index (χ2v) is 6.05. The molecule has 3 atom stereocenters. The smallest absolute Gasteiger partial charge is 0.0877 e. The Morgan fingerprint density at radius 3 is 2.61 bits per heavy atom. The van der Waals surface area contributed by atoms with Crippen LogP contribution in [0.1, 0.15) is 46.0 Å². The van der Waals surface area contributed by atoms with Crippen LogP contribution in [0.25, 0.3) is 0 Å². The third kappa shape index (κ3) is 2.87. The third-order valence-corrected chi connectivity index (χ3v) is 4.73. The monoisotopic (exact) mass is 258 g/mol. The summed E-state index contributed by atoms with van der Waals surface area (Å²) >= 11 is 0. The summed E-state index contributed by atoms with van der Waals surface area (Å²) in [5.74, 6) is 0.131. The fraction of sp³-hybridized carbons (Fsp3) is 1.00. The molecule has 1 spiro atoms. The van der Waals surface area contributed by atoms with Gasteiger partial charge in [-0.2, -0.15) is 0 Å². The molecule has 0 aromatic heterocycles. The van der Waals surface area contributed by atoms with E-state index in [2.05, 4.69) is 0 Å². The van der Waals surface area contributed by atoms with Gasteiger partial charge in [0.2, 0.25) is 0 Å². The summed E-state index contributed by atoms with van der Waals surface area (Å²) < 4.78 is 11.3. The van der Waals surface area contributed by atoms with Gasteiger partial charge in [0.15, 0.2) is 0 Å². The fourth-order valence-corrected chi connectivity index (χ4v) is 3.14. The molecule has 0 bridgehead atoms. The summed E-state index contributed by atoms with van der Waals surface area (Å²) in [6.45, 7) is 5.80. The van der Waals surface area contributed by atoms with Crippen LogP contribution >= 0.6 is 0 Å². The molecule has 4 nitrogen and oxygen atoms in total. The van der Waals surface area contributed by atoms with Gasteiger partial charge in [0.05, 0.1) is 17.3 Å². The highest BCUT2D eigenvalue weighted by Crippen LogP contribution is 2.40. The van der Waals surface area contributed by atoms with Crippen molar-refractivity contribution in [3.63, 3.8) is 0 Å². The van der Waals surface area contributed by atoms with Crippen LogP contribution in [0.15, 0.2) is 0 Å². The molecule has 0 aliphatic carbocycles. The summed E-state index contributed by atoms with van der Waals surface area (Å²) in [7, 11) is 0. The Kier molecular flexibility index (Phi) is 4.32. The predicted octanol–water partition coefficient (Wildman–Crippen LogP) is 1.48. The molecule has 106 valence electrons. The molecule has 2 heterocycles. The van der Waals surface area contributed by atoms with E-state index in [1.165, 1.54) is 0 Å². The molecule has 4 heteroatoms. The average Bonchev–Trinajstić information content (AvgIpc) is 2.39. The first-order chi connectivity index (χ1) is 8.49. The van der Waals surface area contributed by atoms with Crippen LogP contribution in [0.4, 0.5) is 0 Å². The van der Waals surface area contributed by atoms with Crippen molar-refractivity contribution in [1.29, 1.82) is 0 Å². The Bertz CT molecular complexity index is 265. The summed E-state index contributed by atoms with van der Waals surface area (Å²) in [5.41, 5.74) is -1.11. The molecular formula is C14H26O4. The minimum absolute atomic E-state index is 0.119. The Balaban J connectivity index is 2.02. The summed E-state index contributed by atoms with van der Waals surface area (Å²) in [6, 6.07) is 0. The van der Waals surface area contributed by atoms with Crippen molar-refractivity contribution in [2.75, 3.05) is 19.8 Å². The van der Waals surface area contributed by atoms with Crippen LogP contribution < -0.4 is 0 Å². The van der Waals surface area contributed by atoms with Crippen LogP contribution in [0.2, 0.25) is 0 Å². The highest BCUT2D eigenvalue weighted by atomic mass is 16.5. The zero-order valence-corrected chi connectivity index (χ0v) is 11.5. The number of hydrogen-bond acceptors (Lipinski definition) is 4. The molecule has 2 fully saturated rings. The summed E-state index contributed by atoms with van der Waals surface area (Å²) in [4.78, 5) is 0. The van der Waals surface area contributed by atoms with Crippen molar-refractivity contribution in [2.45, 2.75) is 63.3 Å². The first kappa shape index (κ1) is 14.3. The van der Waals surface area contributed by atoms with E-state index in [1.54, 1.807) is 6.92 Å². The van der Waals surface area contributed by atoms with E-state index in [9.17, 15) is 10.2 Å². The molecule has 0 aromatic carbocycles. The molecule has 18 heavy (non-hydrogen) atoms. The number of rotatable bonds is 3. The van der Waals surface area contributed by atoms with Crippen LogP contribution in [-0.4, -0.2) is 47.3 Å². The fourth-order valence-electron chi connectivity index (χ4n) is 3.14. The zero-order chi connectivity index (χ0) is 13.2. The van der Waals surface area contributed by atoms with Crippen LogP contribution in [0, 0.1) is 5.92 Å². The molecular weight excluding hydrogens is 232 g/mol. The lowest BCUT2D eigenvalue weighted by atomic mass is 9.74. The molecule has 0 radical (unpaired) electrons. The lowest BCUT2D eigenvalue weighted by molar-refractivity contribution is -0.178. The SMILES string of the molecule is CCC(C)(O)C(O)C1CCOC2(CCOCC2)C1. The Hall–Kier alpha value is -0.160. The van der Waals surface area contributed by atoms with Crippen molar-refractivity contribution in [3.05, 3.63) is 0 Å². The van der Waals surface area contributed by atoms with Gasteiger partial charge in [-0.1, -0.05) is 6.92 Å². The van der Waals surface area contributed by atoms with E-state index in [4.69, 9.17) is 9.47 Å². The van der Waals surface area contributed by atoms with Gasteiger partial charge in [-0.3, -0.25) is 0 Å². The molecule has 0 saturated carbocycles. The standard InChI is InChI=1S/C14H26O4/c1-3-13(2,16)12(15)11-4-7-18-14(10-11)5-8-17-9-6-14/h11-12,15-16H,3-10H2,1-2H3. The molecule has 3 unspecified atom stereocenters. The molecule has 0 amide bonds. The molecule has 0 aromatic rings. The molecule has 2 N–H and O–H groups in total. The van der Waals surface area contributed by atoms with Gasteiger partial charge in [-0.15, -0.1) is 0 Å². The van der Waals surface area contributed by atoms with E-state index in [0.29, 0.717) is 13.0 Å². The van der Waals surface area contributed by atoms with Gasteiger partial charge < -0.3 is 19.7 Å². The highest BCUT2D eigenvalue weighted by molar-refractivity contribution is 4.95. The highest BCUT2D eigenvalue weighted by Gasteiger charge is 2.44. The van der Waals surface area contributed by atoms with Crippen LogP contribution in [0.5, 0.6) is 0 Å². The van der Waals surface area contributed by atoms with Crippen molar-refractivity contribution in [1.82, 2.24) is 0 Å². The Morgan fingerprint density at radius 1 is 1.33 bits per heavy atom. The second kappa shape index (κ2) is 5.45. The number of aliphatic hydroxyl groups excluding tert-OH is 1. The molecule has 2 aliphatic rings. The minimum Gasteiger partial charge on any atom is -0.390 e. The number of ether oxygens (including phenoxy) is 2. The van der Waals surface area contributed by atoms with Crippen molar-refractivity contribution in [3.8, 4) is 0 Å². The second-order valence-electron chi connectivity index (χ2n) is 6.05.